The van der Waals surface area contributed by atoms with Crippen molar-refractivity contribution in [1.82, 2.24) is 0 Å². The van der Waals surface area contributed by atoms with Crippen LogP contribution in [-0.2, 0) is 4.74 Å². The molecule has 0 saturated carbocycles. The predicted octanol–water partition coefficient (Wildman–Crippen LogP) is 0.636. The van der Waals surface area contributed by atoms with Gasteiger partial charge in [-0.1, -0.05) is 26.2 Å². The normalized spacial score (nSPS) is 26.2. The van der Waals surface area contributed by atoms with Crippen molar-refractivity contribution in [1.29, 1.82) is 0 Å². The fraction of sp³-hybridized carbons (Fsp3) is 0.571. The fourth-order valence-corrected chi connectivity index (χ4v) is 3.35. The van der Waals surface area contributed by atoms with Crippen molar-refractivity contribution in [2.75, 3.05) is 13.2 Å². The van der Waals surface area contributed by atoms with Gasteiger partial charge in [0.05, 0.1) is 18.6 Å². The van der Waals surface area contributed by atoms with E-state index >= 15 is 0 Å². The maximum Gasteiger partial charge on any atom is 0.383 e. The third-order valence-corrected chi connectivity index (χ3v) is 5.16. The maximum absolute atomic E-state index is 12.2. The quantitative estimate of drug-likeness (QED) is 0.277. The number of hydrogen-bond donors (Lipinski definition) is 5. The summed E-state index contributed by atoms with van der Waals surface area (Å²) in [5.74, 6) is -0.500. The van der Waals surface area contributed by atoms with Crippen LogP contribution in [0.5, 0.6) is 17.2 Å². The number of rotatable bonds is 9. The lowest BCUT2D eigenvalue weighted by Gasteiger charge is -2.39. The first-order valence-electron chi connectivity index (χ1n) is 10.3. The van der Waals surface area contributed by atoms with Crippen LogP contribution in [0.2, 0.25) is 0 Å². The average Bonchev–Trinajstić information content (AvgIpc) is 2.75. The molecule has 1 aliphatic rings. The van der Waals surface area contributed by atoms with E-state index in [9.17, 15) is 30.3 Å². The van der Waals surface area contributed by atoms with Gasteiger partial charge in [0.15, 0.2) is 5.75 Å². The Morgan fingerprint density at radius 3 is 2.55 bits per heavy atom. The van der Waals surface area contributed by atoms with E-state index in [4.69, 9.17) is 18.6 Å². The second-order valence-corrected chi connectivity index (χ2v) is 7.45. The molecule has 1 aromatic heterocycles. The van der Waals surface area contributed by atoms with Gasteiger partial charge in [0.2, 0.25) is 12.0 Å². The number of fused-ring (bicyclic) bond motifs is 1. The van der Waals surface area contributed by atoms with Gasteiger partial charge < -0.3 is 44.2 Å². The molecule has 0 spiro atoms. The maximum atomic E-state index is 12.2. The lowest BCUT2D eigenvalue weighted by Crippen LogP contribution is -2.60. The van der Waals surface area contributed by atoms with Crippen molar-refractivity contribution in [3.63, 3.8) is 0 Å². The molecule has 1 aromatic carbocycles. The Labute approximate surface area is 178 Å². The van der Waals surface area contributed by atoms with Gasteiger partial charge in [-0.15, -0.1) is 0 Å². The van der Waals surface area contributed by atoms with E-state index in [1.54, 1.807) is 0 Å². The van der Waals surface area contributed by atoms with Crippen LogP contribution in [0.1, 0.15) is 32.6 Å². The van der Waals surface area contributed by atoms with Gasteiger partial charge in [-0.2, -0.15) is 0 Å². The molecule has 31 heavy (non-hydrogen) atoms. The minimum absolute atomic E-state index is 0.0166. The van der Waals surface area contributed by atoms with Crippen LogP contribution in [0.25, 0.3) is 11.0 Å². The zero-order valence-corrected chi connectivity index (χ0v) is 17.1. The van der Waals surface area contributed by atoms with E-state index in [-0.39, 0.29) is 34.8 Å². The number of hydrogen-bond acceptors (Lipinski definition) is 10. The second-order valence-electron chi connectivity index (χ2n) is 7.45. The fourth-order valence-electron chi connectivity index (χ4n) is 3.35. The standard InChI is InChI=1S/C21H28O10/c1-2-3-4-5-8-28-19-15(23)12-7-6-11(9-13(12)30-20(19)27)29-21-18(26)17(25)16(24)14(10-22)31-21/h6-7,9,14,16-18,21-26H,2-5,8,10H2,1H3/t14-,16-,17+,18-,21?/m1/s1. The molecule has 172 valence electrons. The van der Waals surface area contributed by atoms with Crippen molar-refractivity contribution in [2.24, 2.45) is 0 Å². The van der Waals surface area contributed by atoms with Crippen LogP contribution in [-0.4, -0.2) is 69.5 Å². The summed E-state index contributed by atoms with van der Waals surface area (Å²) in [6, 6.07) is 4.19. The molecule has 3 rings (SSSR count). The molecular formula is C21H28O10. The zero-order valence-electron chi connectivity index (χ0n) is 17.1. The number of aliphatic hydroxyl groups excluding tert-OH is 4. The van der Waals surface area contributed by atoms with Crippen LogP contribution < -0.4 is 15.1 Å². The highest BCUT2D eigenvalue weighted by molar-refractivity contribution is 5.86. The first-order chi connectivity index (χ1) is 14.9. The first kappa shape index (κ1) is 23.3. The molecule has 5 atom stereocenters. The molecule has 10 heteroatoms. The summed E-state index contributed by atoms with van der Waals surface area (Å²) in [7, 11) is 0. The summed E-state index contributed by atoms with van der Waals surface area (Å²) in [5.41, 5.74) is -0.826. The lowest BCUT2D eigenvalue weighted by molar-refractivity contribution is -0.277. The van der Waals surface area contributed by atoms with Crippen molar-refractivity contribution in [3.8, 4) is 17.2 Å². The van der Waals surface area contributed by atoms with Gasteiger partial charge in [0, 0.05) is 6.07 Å². The minimum Gasteiger partial charge on any atom is -0.504 e. The minimum atomic E-state index is -1.59. The molecule has 1 fully saturated rings. The summed E-state index contributed by atoms with van der Waals surface area (Å²) < 4.78 is 21.5. The molecular weight excluding hydrogens is 412 g/mol. The smallest absolute Gasteiger partial charge is 0.383 e. The largest absolute Gasteiger partial charge is 0.504 e. The number of aromatic hydroxyl groups is 1. The van der Waals surface area contributed by atoms with Gasteiger partial charge in [-0.25, -0.2) is 4.79 Å². The second kappa shape index (κ2) is 10.3. The number of benzene rings is 1. The van der Waals surface area contributed by atoms with Crippen molar-refractivity contribution < 1.29 is 44.2 Å². The Balaban J connectivity index is 1.77. The molecule has 1 saturated heterocycles. The summed E-state index contributed by atoms with van der Waals surface area (Å²) in [4.78, 5) is 12.2. The Bertz CT molecular complexity index is 924. The van der Waals surface area contributed by atoms with E-state index in [1.165, 1.54) is 18.2 Å². The molecule has 0 radical (unpaired) electrons. The molecule has 0 amide bonds. The summed E-state index contributed by atoms with van der Waals surface area (Å²) in [6.45, 7) is 1.77. The van der Waals surface area contributed by atoms with E-state index in [0.717, 1.165) is 25.7 Å². The van der Waals surface area contributed by atoms with Crippen LogP contribution in [0, 0.1) is 0 Å². The number of unbranched alkanes of at least 4 members (excludes halogenated alkanes) is 3. The first-order valence-corrected chi connectivity index (χ1v) is 10.3. The molecule has 0 bridgehead atoms. The van der Waals surface area contributed by atoms with E-state index < -0.39 is 42.9 Å². The average molecular weight is 440 g/mol. The van der Waals surface area contributed by atoms with Crippen molar-refractivity contribution in [2.45, 2.75) is 63.3 Å². The molecule has 1 unspecified atom stereocenters. The topological polar surface area (TPSA) is 159 Å². The monoisotopic (exact) mass is 440 g/mol. The highest BCUT2D eigenvalue weighted by Gasteiger charge is 2.44. The highest BCUT2D eigenvalue weighted by Crippen LogP contribution is 2.34. The van der Waals surface area contributed by atoms with Crippen LogP contribution >= 0.6 is 0 Å². The molecule has 2 heterocycles. The summed E-state index contributed by atoms with van der Waals surface area (Å²) in [6.07, 6.45) is -3.37. The predicted molar refractivity (Wildman–Crippen MR) is 108 cm³/mol. The third kappa shape index (κ3) is 5.10. The Morgan fingerprint density at radius 2 is 1.84 bits per heavy atom. The molecule has 0 aliphatic carbocycles. The number of aliphatic hydroxyl groups is 4. The third-order valence-electron chi connectivity index (χ3n) is 5.16. The molecule has 1 aliphatic heterocycles. The van der Waals surface area contributed by atoms with E-state index in [2.05, 4.69) is 6.92 Å². The molecule has 5 N–H and O–H groups in total. The Hall–Kier alpha value is -2.37. The van der Waals surface area contributed by atoms with Gasteiger partial charge in [0.1, 0.15) is 35.7 Å². The molecule has 2 aromatic rings. The summed E-state index contributed by atoms with van der Waals surface area (Å²) >= 11 is 0. The number of ether oxygens (including phenoxy) is 3. The van der Waals surface area contributed by atoms with Crippen molar-refractivity contribution >= 4 is 11.0 Å². The van der Waals surface area contributed by atoms with Crippen molar-refractivity contribution in [3.05, 3.63) is 28.6 Å². The SMILES string of the molecule is CCCCCCOc1c(O)c2ccc(OC3O[C@H](CO)[C@@H](O)[C@H](O)[C@H]3O)cc2oc1=O. The van der Waals surface area contributed by atoms with Gasteiger partial charge in [0.25, 0.3) is 0 Å². The lowest BCUT2D eigenvalue weighted by atomic mass is 9.99. The highest BCUT2D eigenvalue weighted by atomic mass is 16.7. The van der Waals surface area contributed by atoms with Crippen LogP contribution in [0.15, 0.2) is 27.4 Å². The van der Waals surface area contributed by atoms with E-state index in [1.807, 2.05) is 0 Å². The van der Waals surface area contributed by atoms with Gasteiger partial charge in [-0.3, -0.25) is 0 Å². The van der Waals surface area contributed by atoms with Gasteiger partial charge in [-0.05, 0) is 18.6 Å². The van der Waals surface area contributed by atoms with Crippen LogP contribution in [0.3, 0.4) is 0 Å². The zero-order chi connectivity index (χ0) is 22.5. The van der Waals surface area contributed by atoms with Crippen LogP contribution in [0.4, 0.5) is 0 Å². The molecule has 10 nitrogen and oxygen atoms in total. The van der Waals surface area contributed by atoms with E-state index in [0.29, 0.717) is 0 Å². The van der Waals surface area contributed by atoms with Gasteiger partial charge >= 0.3 is 5.63 Å². The Morgan fingerprint density at radius 1 is 1.06 bits per heavy atom. The summed E-state index contributed by atoms with van der Waals surface area (Å²) in [5, 5.41) is 49.7. The Kier molecular flexibility index (Phi) is 7.74.